The van der Waals surface area contributed by atoms with E-state index in [0.29, 0.717) is 25.7 Å². The van der Waals surface area contributed by atoms with Gasteiger partial charge in [-0.1, -0.05) is 19.3 Å². The largest absolute Gasteiger partial charge is 0.486 e. The standard InChI is InChI=1S/C17H23NO3/c1-12-9-15-16(21-8-7-20-15)10-13(12)11-17(19)18-14-5-3-2-4-6-14/h9-10,14H,2-8,11H2,1H3,(H,18,19). The van der Waals surface area contributed by atoms with Gasteiger partial charge in [-0.2, -0.15) is 0 Å². The number of fused-ring (bicyclic) bond motifs is 1. The smallest absolute Gasteiger partial charge is 0.224 e. The van der Waals surface area contributed by atoms with E-state index in [9.17, 15) is 4.79 Å². The molecule has 0 unspecified atom stereocenters. The Morgan fingerprint density at radius 3 is 2.52 bits per heavy atom. The summed E-state index contributed by atoms with van der Waals surface area (Å²) in [7, 11) is 0. The van der Waals surface area contributed by atoms with Crippen LogP contribution in [0.25, 0.3) is 0 Å². The zero-order valence-corrected chi connectivity index (χ0v) is 12.6. The van der Waals surface area contributed by atoms with Crippen molar-refractivity contribution in [2.75, 3.05) is 13.2 Å². The van der Waals surface area contributed by atoms with Gasteiger partial charge in [-0.3, -0.25) is 4.79 Å². The number of aryl methyl sites for hydroxylation is 1. The summed E-state index contributed by atoms with van der Waals surface area (Å²) >= 11 is 0. The van der Waals surface area contributed by atoms with Crippen LogP contribution >= 0.6 is 0 Å². The molecule has 2 aliphatic rings. The zero-order valence-electron chi connectivity index (χ0n) is 12.6. The number of nitrogens with one attached hydrogen (secondary N) is 1. The first-order chi connectivity index (χ1) is 10.2. The van der Waals surface area contributed by atoms with E-state index in [4.69, 9.17) is 9.47 Å². The van der Waals surface area contributed by atoms with Gasteiger partial charge >= 0.3 is 0 Å². The van der Waals surface area contributed by atoms with Crippen LogP contribution < -0.4 is 14.8 Å². The van der Waals surface area contributed by atoms with Gasteiger partial charge in [0.25, 0.3) is 0 Å². The maximum atomic E-state index is 12.2. The molecule has 1 aromatic rings. The summed E-state index contributed by atoms with van der Waals surface area (Å²) < 4.78 is 11.2. The van der Waals surface area contributed by atoms with Crippen LogP contribution in [0.15, 0.2) is 12.1 Å². The van der Waals surface area contributed by atoms with Gasteiger partial charge in [-0.25, -0.2) is 0 Å². The third-order valence-electron chi connectivity index (χ3n) is 4.32. The first kappa shape index (κ1) is 14.2. The molecule has 0 saturated heterocycles. The lowest BCUT2D eigenvalue weighted by Gasteiger charge is -2.23. The van der Waals surface area contributed by atoms with Crippen LogP contribution in [-0.2, 0) is 11.2 Å². The van der Waals surface area contributed by atoms with E-state index < -0.39 is 0 Å². The fourth-order valence-electron chi connectivity index (χ4n) is 3.12. The second kappa shape index (κ2) is 6.37. The highest BCUT2D eigenvalue weighted by atomic mass is 16.6. The van der Waals surface area contributed by atoms with E-state index in [1.807, 2.05) is 19.1 Å². The van der Waals surface area contributed by atoms with Crippen molar-refractivity contribution in [2.45, 2.75) is 51.5 Å². The topological polar surface area (TPSA) is 47.6 Å². The Balaban J connectivity index is 1.65. The molecule has 1 saturated carbocycles. The van der Waals surface area contributed by atoms with Gasteiger partial charge in [0, 0.05) is 6.04 Å². The third kappa shape index (κ3) is 3.49. The van der Waals surface area contributed by atoms with Gasteiger partial charge in [-0.15, -0.1) is 0 Å². The van der Waals surface area contributed by atoms with E-state index in [1.165, 1.54) is 19.3 Å². The average Bonchev–Trinajstić information content (AvgIpc) is 2.49. The normalized spacial score (nSPS) is 18.3. The van der Waals surface area contributed by atoms with Gasteiger partial charge in [0.1, 0.15) is 13.2 Å². The second-order valence-electron chi connectivity index (χ2n) is 6.00. The van der Waals surface area contributed by atoms with Crippen molar-refractivity contribution >= 4 is 5.91 Å². The predicted molar refractivity (Wildman–Crippen MR) is 80.9 cm³/mol. The number of carbonyl (C=O) groups is 1. The van der Waals surface area contributed by atoms with Crippen LogP contribution in [0.1, 0.15) is 43.2 Å². The number of carbonyl (C=O) groups excluding carboxylic acids is 1. The highest BCUT2D eigenvalue weighted by Crippen LogP contribution is 2.33. The lowest BCUT2D eigenvalue weighted by Crippen LogP contribution is -2.37. The Morgan fingerprint density at radius 2 is 1.81 bits per heavy atom. The molecule has 114 valence electrons. The molecule has 1 aromatic carbocycles. The molecule has 1 amide bonds. The van der Waals surface area contributed by atoms with Crippen LogP contribution in [0.2, 0.25) is 0 Å². The summed E-state index contributed by atoms with van der Waals surface area (Å²) in [4.78, 5) is 12.2. The van der Waals surface area contributed by atoms with Crippen LogP contribution in [0, 0.1) is 6.92 Å². The number of ether oxygens (including phenoxy) is 2. The van der Waals surface area contributed by atoms with E-state index in [0.717, 1.165) is 35.5 Å². The molecule has 21 heavy (non-hydrogen) atoms. The van der Waals surface area contributed by atoms with E-state index >= 15 is 0 Å². The summed E-state index contributed by atoms with van der Waals surface area (Å²) in [6, 6.07) is 4.28. The van der Waals surface area contributed by atoms with Crippen LogP contribution in [0.3, 0.4) is 0 Å². The van der Waals surface area contributed by atoms with Crippen molar-refractivity contribution in [3.8, 4) is 11.5 Å². The Bertz CT molecular complexity index is 521. The van der Waals surface area contributed by atoms with Crippen molar-refractivity contribution in [2.24, 2.45) is 0 Å². The third-order valence-corrected chi connectivity index (χ3v) is 4.32. The highest BCUT2D eigenvalue weighted by Gasteiger charge is 2.18. The molecule has 0 bridgehead atoms. The minimum atomic E-state index is 0.113. The first-order valence-electron chi connectivity index (χ1n) is 7.91. The Labute approximate surface area is 125 Å². The van der Waals surface area contributed by atoms with E-state index in [-0.39, 0.29) is 5.91 Å². The fraction of sp³-hybridized carbons (Fsp3) is 0.588. The minimum absolute atomic E-state index is 0.113. The fourth-order valence-corrected chi connectivity index (χ4v) is 3.12. The van der Waals surface area contributed by atoms with Crippen molar-refractivity contribution < 1.29 is 14.3 Å². The summed E-state index contributed by atoms with van der Waals surface area (Å²) in [6.07, 6.45) is 6.41. The number of rotatable bonds is 3. The second-order valence-corrected chi connectivity index (χ2v) is 6.00. The monoisotopic (exact) mass is 289 g/mol. The molecule has 0 spiro atoms. The van der Waals surface area contributed by atoms with Crippen LogP contribution in [-0.4, -0.2) is 25.2 Å². The molecule has 0 radical (unpaired) electrons. The molecule has 0 aromatic heterocycles. The number of benzene rings is 1. The van der Waals surface area contributed by atoms with Gasteiger partial charge in [0.05, 0.1) is 6.42 Å². The summed E-state index contributed by atoms with van der Waals surface area (Å²) in [5, 5.41) is 3.16. The van der Waals surface area contributed by atoms with E-state index in [1.54, 1.807) is 0 Å². The predicted octanol–water partition coefficient (Wildman–Crippen LogP) is 2.76. The molecule has 1 N–H and O–H groups in total. The Kier molecular flexibility index (Phi) is 4.32. The molecule has 1 aliphatic carbocycles. The first-order valence-corrected chi connectivity index (χ1v) is 7.91. The van der Waals surface area contributed by atoms with Gasteiger partial charge in [-0.05, 0) is 43.0 Å². The van der Waals surface area contributed by atoms with Gasteiger partial charge < -0.3 is 14.8 Å². The maximum absolute atomic E-state index is 12.2. The summed E-state index contributed by atoms with van der Waals surface area (Å²) in [5.41, 5.74) is 2.10. The highest BCUT2D eigenvalue weighted by molar-refractivity contribution is 5.79. The maximum Gasteiger partial charge on any atom is 0.224 e. The van der Waals surface area contributed by atoms with Crippen molar-refractivity contribution in [3.05, 3.63) is 23.3 Å². The number of amides is 1. The van der Waals surface area contributed by atoms with Crippen molar-refractivity contribution in [1.82, 2.24) is 5.32 Å². The molecule has 0 atom stereocenters. The van der Waals surface area contributed by atoms with E-state index in [2.05, 4.69) is 5.32 Å². The molecular formula is C17H23NO3. The zero-order chi connectivity index (χ0) is 14.7. The lowest BCUT2D eigenvalue weighted by molar-refractivity contribution is -0.121. The Morgan fingerprint density at radius 1 is 1.14 bits per heavy atom. The molecular weight excluding hydrogens is 266 g/mol. The van der Waals surface area contributed by atoms with Crippen molar-refractivity contribution in [1.29, 1.82) is 0 Å². The van der Waals surface area contributed by atoms with Crippen molar-refractivity contribution in [3.63, 3.8) is 0 Å². The molecule has 1 fully saturated rings. The lowest BCUT2D eigenvalue weighted by atomic mass is 9.95. The average molecular weight is 289 g/mol. The SMILES string of the molecule is Cc1cc2c(cc1CC(=O)NC1CCCCC1)OCCO2. The molecule has 3 rings (SSSR count). The van der Waals surface area contributed by atoms with Gasteiger partial charge in [0.15, 0.2) is 11.5 Å². The minimum Gasteiger partial charge on any atom is -0.486 e. The van der Waals surface area contributed by atoms with Gasteiger partial charge in [0.2, 0.25) is 5.91 Å². The van der Waals surface area contributed by atoms with Crippen LogP contribution in [0.5, 0.6) is 11.5 Å². The quantitative estimate of drug-likeness (QED) is 0.930. The summed E-state index contributed by atoms with van der Waals surface area (Å²) in [6.45, 7) is 3.18. The molecule has 4 heteroatoms. The number of hydrogen-bond donors (Lipinski definition) is 1. The van der Waals surface area contributed by atoms with Crippen LogP contribution in [0.4, 0.5) is 0 Å². The Hall–Kier alpha value is -1.71. The number of hydrogen-bond acceptors (Lipinski definition) is 3. The molecule has 1 heterocycles. The summed E-state index contributed by atoms with van der Waals surface area (Å²) in [5.74, 6) is 1.66. The molecule has 1 aliphatic heterocycles. The molecule has 4 nitrogen and oxygen atoms in total.